The summed E-state index contributed by atoms with van der Waals surface area (Å²) in [5.74, 6) is 0.0483. The number of anilines is 2. The summed E-state index contributed by atoms with van der Waals surface area (Å²) in [7, 11) is 3.15. The number of carbonyl (C=O) groups is 2. The van der Waals surface area contributed by atoms with Crippen LogP contribution in [0, 0.1) is 6.92 Å². The summed E-state index contributed by atoms with van der Waals surface area (Å²) in [4.78, 5) is 29.6. The Morgan fingerprint density at radius 3 is 2.39 bits per heavy atom. The third kappa shape index (κ3) is 4.41. The van der Waals surface area contributed by atoms with E-state index in [0.29, 0.717) is 27.8 Å². The number of halogens is 1. The van der Waals surface area contributed by atoms with E-state index in [1.807, 2.05) is 13.0 Å². The van der Waals surface area contributed by atoms with Gasteiger partial charge in [0, 0.05) is 29.7 Å². The minimum atomic E-state index is -0.580. The molecule has 7 nitrogen and oxygen atoms in total. The summed E-state index contributed by atoms with van der Waals surface area (Å²) >= 11 is 11.5. The van der Waals surface area contributed by atoms with Crippen LogP contribution >= 0.6 is 23.8 Å². The SMILES string of the molecule is COc1cc(N2CCCC2)c(OC)cc1/C=C1\C(=O)NC(=S)N(c2ccc(C)c(Cl)c2)C1=O. The van der Waals surface area contributed by atoms with Crippen molar-refractivity contribution >= 4 is 58.2 Å². The lowest BCUT2D eigenvalue weighted by Crippen LogP contribution is -2.54. The maximum atomic E-state index is 13.4. The van der Waals surface area contributed by atoms with Crippen LogP contribution in [0.2, 0.25) is 5.02 Å². The van der Waals surface area contributed by atoms with Gasteiger partial charge in [0.25, 0.3) is 11.8 Å². The molecule has 4 rings (SSSR count). The standard InChI is InChI=1S/C24H24ClN3O4S/c1-14-6-7-16(12-18(14)25)28-23(30)17(22(29)26-24(28)33)10-15-11-21(32-3)19(13-20(15)31-2)27-8-4-5-9-27/h6-7,10-13H,4-5,8-9H2,1-3H3,(H,26,29,33)/b17-10+. The summed E-state index contributed by atoms with van der Waals surface area (Å²) in [6.45, 7) is 3.74. The average molecular weight is 486 g/mol. The van der Waals surface area contributed by atoms with Crippen LogP contribution < -0.4 is 24.6 Å². The van der Waals surface area contributed by atoms with Crippen LogP contribution in [0.1, 0.15) is 24.0 Å². The second-order valence-corrected chi connectivity index (χ2v) is 8.65. The van der Waals surface area contributed by atoms with Crippen molar-refractivity contribution < 1.29 is 19.1 Å². The summed E-state index contributed by atoms with van der Waals surface area (Å²) in [6.07, 6.45) is 3.73. The Kier molecular flexibility index (Phi) is 6.58. The minimum Gasteiger partial charge on any atom is -0.496 e. The van der Waals surface area contributed by atoms with E-state index in [2.05, 4.69) is 10.2 Å². The van der Waals surface area contributed by atoms with Crippen molar-refractivity contribution in [1.29, 1.82) is 0 Å². The lowest BCUT2D eigenvalue weighted by Gasteiger charge is -2.29. The molecule has 1 N–H and O–H groups in total. The molecule has 0 aliphatic carbocycles. The first-order valence-electron chi connectivity index (χ1n) is 10.5. The number of thiocarbonyl (C=S) groups is 1. The molecule has 0 atom stereocenters. The molecule has 2 amide bonds. The van der Waals surface area contributed by atoms with Gasteiger partial charge in [-0.2, -0.15) is 0 Å². The quantitative estimate of drug-likeness (QED) is 0.390. The van der Waals surface area contributed by atoms with E-state index >= 15 is 0 Å². The number of nitrogens with one attached hydrogen (secondary N) is 1. The van der Waals surface area contributed by atoms with Crippen LogP contribution in [0.15, 0.2) is 35.9 Å². The Hall–Kier alpha value is -3.10. The molecule has 33 heavy (non-hydrogen) atoms. The smallest absolute Gasteiger partial charge is 0.270 e. The molecule has 2 aliphatic heterocycles. The van der Waals surface area contributed by atoms with Gasteiger partial charge in [-0.25, -0.2) is 0 Å². The van der Waals surface area contributed by atoms with E-state index in [4.69, 9.17) is 33.3 Å². The molecular weight excluding hydrogens is 462 g/mol. The van der Waals surface area contributed by atoms with Gasteiger partial charge in [0.15, 0.2) is 5.11 Å². The van der Waals surface area contributed by atoms with Crippen molar-refractivity contribution in [2.24, 2.45) is 0 Å². The molecule has 0 aromatic heterocycles. The van der Waals surface area contributed by atoms with Gasteiger partial charge in [-0.15, -0.1) is 0 Å². The number of carbonyl (C=O) groups excluding carboxylic acids is 2. The van der Waals surface area contributed by atoms with E-state index in [0.717, 1.165) is 37.2 Å². The Morgan fingerprint density at radius 1 is 1.06 bits per heavy atom. The van der Waals surface area contributed by atoms with E-state index in [-0.39, 0.29) is 10.7 Å². The molecule has 2 fully saturated rings. The van der Waals surface area contributed by atoms with Crippen LogP contribution in [0.5, 0.6) is 11.5 Å². The van der Waals surface area contributed by atoms with Gasteiger partial charge in [-0.3, -0.25) is 19.8 Å². The maximum absolute atomic E-state index is 13.4. The lowest BCUT2D eigenvalue weighted by molar-refractivity contribution is -0.122. The molecule has 172 valence electrons. The monoisotopic (exact) mass is 485 g/mol. The van der Waals surface area contributed by atoms with Gasteiger partial charge in [0.1, 0.15) is 17.1 Å². The second-order valence-electron chi connectivity index (χ2n) is 7.85. The molecule has 2 aromatic carbocycles. The molecule has 2 saturated heterocycles. The predicted molar refractivity (Wildman–Crippen MR) is 133 cm³/mol. The fourth-order valence-electron chi connectivity index (χ4n) is 3.99. The Bertz CT molecular complexity index is 1170. The first-order chi connectivity index (χ1) is 15.8. The van der Waals surface area contributed by atoms with Crippen molar-refractivity contribution in [2.45, 2.75) is 19.8 Å². The third-order valence-electron chi connectivity index (χ3n) is 5.79. The van der Waals surface area contributed by atoms with Gasteiger partial charge in [-0.05, 0) is 61.8 Å². The zero-order valence-corrected chi connectivity index (χ0v) is 20.2. The number of nitrogens with zero attached hydrogens (tertiary/aromatic N) is 2. The normalized spacial score (nSPS) is 17.6. The molecule has 0 spiro atoms. The zero-order valence-electron chi connectivity index (χ0n) is 18.6. The molecule has 0 saturated carbocycles. The highest BCUT2D eigenvalue weighted by Gasteiger charge is 2.35. The van der Waals surface area contributed by atoms with E-state index in [9.17, 15) is 9.59 Å². The number of hydrogen-bond acceptors (Lipinski definition) is 6. The predicted octanol–water partition coefficient (Wildman–Crippen LogP) is 4.10. The number of ether oxygens (including phenoxy) is 2. The van der Waals surface area contributed by atoms with Crippen LogP contribution in [0.25, 0.3) is 6.08 Å². The first-order valence-corrected chi connectivity index (χ1v) is 11.3. The molecule has 2 heterocycles. The molecule has 9 heteroatoms. The molecule has 2 aliphatic rings. The lowest BCUT2D eigenvalue weighted by atomic mass is 10.0. The van der Waals surface area contributed by atoms with Crippen LogP contribution in [-0.2, 0) is 9.59 Å². The summed E-state index contributed by atoms with van der Waals surface area (Å²) in [5.41, 5.74) is 2.73. The molecule has 0 bridgehead atoms. The number of amides is 2. The first kappa shape index (κ1) is 23.1. The van der Waals surface area contributed by atoms with Gasteiger partial charge >= 0.3 is 0 Å². The summed E-state index contributed by atoms with van der Waals surface area (Å²) < 4.78 is 11.2. The van der Waals surface area contributed by atoms with Gasteiger partial charge < -0.3 is 14.4 Å². The van der Waals surface area contributed by atoms with Crippen molar-refractivity contribution in [2.75, 3.05) is 37.1 Å². The van der Waals surface area contributed by atoms with Crippen LogP contribution in [-0.4, -0.2) is 44.2 Å². The summed E-state index contributed by atoms with van der Waals surface area (Å²) in [5, 5.41) is 3.08. The Morgan fingerprint density at radius 2 is 1.76 bits per heavy atom. The third-order valence-corrected chi connectivity index (χ3v) is 6.48. The van der Waals surface area contributed by atoms with Gasteiger partial charge in [-0.1, -0.05) is 17.7 Å². The minimum absolute atomic E-state index is 0.00371. The van der Waals surface area contributed by atoms with E-state index in [1.165, 1.54) is 11.0 Å². The Balaban J connectivity index is 1.76. The van der Waals surface area contributed by atoms with Crippen LogP contribution in [0.3, 0.4) is 0 Å². The number of hydrogen-bond donors (Lipinski definition) is 1. The molecule has 2 aromatic rings. The van der Waals surface area contributed by atoms with E-state index < -0.39 is 11.8 Å². The number of benzene rings is 2. The highest BCUT2D eigenvalue weighted by Crippen LogP contribution is 2.38. The molecule has 0 unspecified atom stereocenters. The molecular formula is C24H24ClN3O4S. The highest BCUT2D eigenvalue weighted by atomic mass is 35.5. The fourth-order valence-corrected chi connectivity index (χ4v) is 4.45. The van der Waals surface area contributed by atoms with Gasteiger partial charge in [0.2, 0.25) is 0 Å². The largest absolute Gasteiger partial charge is 0.496 e. The van der Waals surface area contributed by atoms with Crippen molar-refractivity contribution in [3.8, 4) is 11.5 Å². The number of methoxy groups -OCH3 is 2. The summed E-state index contributed by atoms with van der Waals surface area (Å²) in [6, 6.07) is 8.82. The van der Waals surface area contributed by atoms with Crippen molar-refractivity contribution in [3.63, 3.8) is 0 Å². The highest BCUT2D eigenvalue weighted by molar-refractivity contribution is 7.80. The van der Waals surface area contributed by atoms with Gasteiger partial charge in [0.05, 0.1) is 25.6 Å². The second kappa shape index (κ2) is 9.41. The maximum Gasteiger partial charge on any atom is 0.270 e. The zero-order chi connectivity index (χ0) is 23.7. The number of rotatable bonds is 5. The van der Waals surface area contributed by atoms with E-state index in [1.54, 1.807) is 38.5 Å². The van der Waals surface area contributed by atoms with Crippen molar-refractivity contribution in [3.05, 3.63) is 52.1 Å². The fraction of sp³-hybridized carbons (Fsp3) is 0.292. The average Bonchev–Trinajstić information content (AvgIpc) is 3.33. The molecule has 0 radical (unpaired) electrons. The number of aryl methyl sites for hydroxylation is 1. The Labute approximate surface area is 202 Å². The van der Waals surface area contributed by atoms with Crippen molar-refractivity contribution in [1.82, 2.24) is 5.32 Å². The van der Waals surface area contributed by atoms with Crippen LogP contribution in [0.4, 0.5) is 11.4 Å². The topological polar surface area (TPSA) is 71.1 Å².